The summed E-state index contributed by atoms with van der Waals surface area (Å²) < 4.78 is 29.1. The van der Waals surface area contributed by atoms with E-state index in [-0.39, 0.29) is 23.1 Å². The van der Waals surface area contributed by atoms with E-state index in [9.17, 15) is 13.2 Å². The van der Waals surface area contributed by atoms with E-state index in [4.69, 9.17) is 0 Å². The van der Waals surface area contributed by atoms with Gasteiger partial charge < -0.3 is 9.47 Å². The molecule has 24 heavy (non-hydrogen) atoms. The van der Waals surface area contributed by atoms with Crippen molar-refractivity contribution >= 4 is 15.9 Å². The van der Waals surface area contributed by atoms with Crippen LogP contribution < -0.4 is 4.72 Å². The van der Waals surface area contributed by atoms with Crippen molar-refractivity contribution in [3.8, 4) is 0 Å². The van der Waals surface area contributed by atoms with Crippen molar-refractivity contribution in [2.45, 2.75) is 55.9 Å². The average Bonchev–Trinajstić information content (AvgIpc) is 3.44. The van der Waals surface area contributed by atoms with Crippen LogP contribution in [0.4, 0.5) is 0 Å². The molecule has 2 atom stereocenters. The van der Waals surface area contributed by atoms with Gasteiger partial charge in [-0.2, -0.15) is 0 Å². The Hall–Kier alpha value is -1.41. The van der Waals surface area contributed by atoms with E-state index in [0.717, 1.165) is 31.5 Å². The van der Waals surface area contributed by atoms with Gasteiger partial charge in [0.1, 0.15) is 5.82 Å². The number of carbonyl (C=O) groups excluding carboxylic acids is 1. The Morgan fingerprint density at radius 1 is 1.25 bits per heavy atom. The van der Waals surface area contributed by atoms with Gasteiger partial charge in [-0.1, -0.05) is 0 Å². The molecule has 2 heterocycles. The molecule has 2 saturated carbocycles. The number of nitrogens with one attached hydrogen (secondary N) is 1. The summed E-state index contributed by atoms with van der Waals surface area (Å²) in [5, 5.41) is -0.214. The quantitative estimate of drug-likeness (QED) is 0.826. The third-order valence-electron chi connectivity index (χ3n) is 5.34. The summed E-state index contributed by atoms with van der Waals surface area (Å²) >= 11 is 0. The van der Waals surface area contributed by atoms with Gasteiger partial charge in [0.15, 0.2) is 0 Å². The van der Waals surface area contributed by atoms with Gasteiger partial charge in [-0.15, -0.1) is 0 Å². The molecule has 0 bridgehead atoms. The predicted octanol–water partition coefficient (Wildman–Crippen LogP) is 0.944. The summed E-state index contributed by atoms with van der Waals surface area (Å²) in [7, 11) is -1.28. The van der Waals surface area contributed by atoms with Crippen LogP contribution in [-0.4, -0.2) is 46.6 Å². The van der Waals surface area contributed by atoms with Gasteiger partial charge in [-0.25, -0.2) is 18.1 Å². The van der Waals surface area contributed by atoms with E-state index < -0.39 is 10.0 Å². The van der Waals surface area contributed by atoms with Crippen molar-refractivity contribution in [1.29, 1.82) is 0 Å². The van der Waals surface area contributed by atoms with E-state index in [1.807, 2.05) is 22.7 Å². The summed E-state index contributed by atoms with van der Waals surface area (Å²) in [6.07, 6.45) is 8.40. The first-order chi connectivity index (χ1) is 11.5. The Morgan fingerprint density at radius 3 is 2.58 bits per heavy atom. The lowest BCUT2D eigenvalue weighted by atomic mass is 9.88. The molecule has 1 aromatic heterocycles. The minimum atomic E-state index is -3.21. The van der Waals surface area contributed by atoms with E-state index in [0.29, 0.717) is 25.4 Å². The predicted molar refractivity (Wildman–Crippen MR) is 88.5 cm³/mol. The van der Waals surface area contributed by atoms with Crippen molar-refractivity contribution in [1.82, 2.24) is 19.2 Å². The largest absolute Gasteiger partial charge is 0.336 e. The van der Waals surface area contributed by atoms with Crippen LogP contribution in [0.15, 0.2) is 12.4 Å². The van der Waals surface area contributed by atoms with Crippen LogP contribution in [-0.2, 0) is 21.9 Å². The van der Waals surface area contributed by atoms with E-state index in [1.54, 1.807) is 6.20 Å². The maximum atomic E-state index is 12.5. The van der Waals surface area contributed by atoms with Gasteiger partial charge in [0, 0.05) is 44.4 Å². The minimum absolute atomic E-state index is 0.0675. The van der Waals surface area contributed by atoms with Crippen LogP contribution >= 0.6 is 0 Å². The van der Waals surface area contributed by atoms with E-state index >= 15 is 0 Å². The Bertz CT molecular complexity index is 736. The number of aromatic nitrogens is 2. The number of likely N-dealkylation sites (tertiary alicyclic amines) is 1. The molecular weight excluding hydrogens is 328 g/mol. The SMILES string of the molecule is Cn1ccnc1[C@@H]1[C@@H](CNS(=O)(=O)C2CC2)CCC(=O)N1C1CC1. The summed E-state index contributed by atoms with van der Waals surface area (Å²) in [6, 6.07) is 0.155. The van der Waals surface area contributed by atoms with Crippen LogP contribution in [0.3, 0.4) is 0 Å². The Kier molecular flexibility index (Phi) is 3.91. The van der Waals surface area contributed by atoms with Crippen LogP contribution in [0.25, 0.3) is 0 Å². The molecule has 3 aliphatic rings. The third-order valence-corrected chi connectivity index (χ3v) is 7.25. The lowest BCUT2D eigenvalue weighted by Gasteiger charge is -2.41. The first-order valence-corrected chi connectivity index (χ1v) is 10.3. The molecule has 0 aromatic carbocycles. The molecule has 8 heteroatoms. The summed E-state index contributed by atoms with van der Waals surface area (Å²) in [5.74, 6) is 1.09. The summed E-state index contributed by atoms with van der Waals surface area (Å²) in [6.45, 7) is 0.382. The van der Waals surface area contributed by atoms with Crippen molar-refractivity contribution < 1.29 is 13.2 Å². The number of sulfonamides is 1. The zero-order valence-electron chi connectivity index (χ0n) is 13.9. The van der Waals surface area contributed by atoms with Gasteiger partial charge in [0.25, 0.3) is 0 Å². The highest BCUT2D eigenvalue weighted by Crippen LogP contribution is 2.42. The first-order valence-electron chi connectivity index (χ1n) is 8.74. The lowest BCUT2D eigenvalue weighted by molar-refractivity contribution is -0.140. The van der Waals surface area contributed by atoms with Crippen LogP contribution in [0.2, 0.25) is 0 Å². The molecule has 1 aromatic rings. The van der Waals surface area contributed by atoms with Gasteiger partial charge >= 0.3 is 0 Å². The summed E-state index contributed by atoms with van der Waals surface area (Å²) in [4.78, 5) is 19.0. The highest BCUT2D eigenvalue weighted by atomic mass is 32.2. The number of aryl methyl sites for hydroxylation is 1. The second-order valence-electron chi connectivity index (χ2n) is 7.26. The maximum Gasteiger partial charge on any atom is 0.223 e. The molecule has 1 amide bonds. The Labute approximate surface area is 142 Å². The maximum absolute atomic E-state index is 12.5. The molecule has 2 aliphatic carbocycles. The Balaban J connectivity index is 1.58. The number of piperidine rings is 1. The number of imidazole rings is 1. The fourth-order valence-electron chi connectivity index (χ4n) is 3.69. The molecular formula is C16H24N4O3S. The fraction of sp³-hybridized carbons (Fsp3) is 0.750. The third kappa shape index (κ3) is 2.97. The first kappa shape index (κ1) is 16.1. The molecule has 1 N–H and O–H groups in total. The molecule has 7 nitrogen and oxygen atoms in total. The topological polar surface area (TPSA) is 84.3 Å². The number of amides is 1. The van der Waals surface area contributed by atoms with E-state index in [2.05, 4.69) is 9.71 Å². The highest BCUT2D eigenvalue weighted by molar-refractivity contribution is 7.90. The molecule has 1 aliphatic heterocycles. The standard InChI is InChI=1S/C16H24N4O3S/c1-19-9-8-17-16(19)15-11(10-18-24(22,23)13-5-6-13)2-7-14(21)20(15)12-3-4-12/h8-9,11-13,15,18H,2-7,10H2,1H3/t11-,15+/m1/s1. The fourth-order valence-corrected chi connectivity index (χ4v) is 5.13. The molecule has 1 saturated heterocycles. The molecule has 132 valence electrons. The molecule has 0 unspecified atom stereocenters. The van der Waals surface area contributed by atoms with Gasteiger partial charge in [0.05, 0.1) is 11.3 Å². The number of hydrogen-bond acceptors (Lipinski definition) is 4. The van der Waals surface area contributed by atoms with Crippen LogP contribution in [0.1, 0.15) is 50.4 Å². The Morgan fingerprint density at radius 2 is 2.00 bits per heavy atom. The molecule has 0 radical (unpaired) electrons. The van der Waals surface area contributed by atoms with E-state index in [1.165, 1.54) is 0 Å². The normalized spacial score (nSPS) is 28.4. The van der Waals surface area contributed by atoms with Gasteiger partial charge in [0.2, 0.25) is 15.9 Å². The highest BCUT2D eigenvalue weighted by Gasteiger charge is 2.46. The van der Waals surface area contributed by atoms with Crippen LogP contribution in [0, 0.1) is 5.92 Å². The lowest BCUT2D eigenvalue weighted by Crippen LogP contribution is -2.48. The van der Waals surface area contributed by atoms with Crippen molar-refractivity contribution in [2.75, 3.05) is 6.54 Å². The average molecular weight is 352 g/mol. The zero-order chi connectivity index (χ0) is 16.9. The van der Waals surface area contributed by atoms with Crippen molar-refractivity contribution in [2.24, 2.45) is 13.0 Å². The second-order valence-corrected chi connectivity index (χ2v) is 9.31. The number of carbonyl (C=O) groups is 1. The monoisotopic (exact) mass is 352 g/mol. The van der Waals surface area contributed by atoms with Crippen molar-refractivity contribution in [3.05, 3.63) is 18.2 Å². The molecule has 4 rings (SSSR count). The van der Waals surface area contributed by atoms with Gasteiger partial charge in [-0.3, -0.25) is 4.79 Å². The second kappa shape index (κ2) is 5.84. The number of rotatable bonds is 6. The van der Waals surface area contributed by atoms with Crippen molar-refractivity contribution in [3.63, 3.8) is 0 Å². The van der Waals surface area contributed by atoms with Gasteiger partial charge in [-0.05, 0) is 32.1 Å². The number of nitrogens with zero attached hydrogens (tertiary/aromatic N) is 3. The molecule has 3 fully saturated rings. The van der Waals surface area contributed by atoms with Crippen LogP contribution in [0.5, 0.6) is 0 Å². The zero-order valence-corrected chi connectivity index (χ0v) is 14.7. The number of hydrogen-bond donors (Lipinski definition) is 1. The smallest absolute Gasteiger partial charge is 0.223 e. The molecule has 0 spiro atoms. The minimum Gasteiger partial charge on any atom is -0.336 e. The summed E-state index contributed by atoms with van der Waals surface area (Å²) in [5.41, 5.74) is 0.